The Labute approximate surface area is 176 Å². The largest absolute Gasteiger partial charge is 0.496 e. The molecule has 0 radical (unpaired) electrons. The number of hydrogen-bond donors (Lipinski definition) is 4. The van der Waals surface area contributed by atoms with Crippen LogP contribution in [-0.2, 0) is 25.7 Å². The second-order valence-electron chi connectivity index (χ2n) is 8.12. The maximum Gasteiger partial charge on any atom is 0.397 e. The molecule has 7 atom stereocenters. The smallest absolute Gasteiger partial charge is 0.397 e. The first-order valence-corrected chi connectivity index (χ1v) is 11.5. The van der Waals surface area contributed by atoms with Crippen LogP contribution in [-0.4, -0.2) is 65.9 Å². The van der Waals surface area contributed by atoms with Crippen LogP contribution >= 0.6 is 0 Å². The molecular weight excluding hydrogens is 416 g/mol. The normalized spacial score (nSPS) is 35.2. The summed E-state index contributed by atoms with van der Waals surface area (Å²) < 4.78 is 47.5. The highest BCUT2D eigenvalue weighted by Gasteiger charge is 2.43. The van der Waals surface area contributed by atoms with E-state index in [9.17, 15) is 23.7 Å². The second kappa shape index (κ2) is 9.47. The van der Waals surface area contributed by atoms with E-state index in [1.807, 2.05) is 6.07 Å². The van der Waals surface area contributed by atoms with Gasteiger partial charge in [-0.05, 0) is 49.8 Å². The van der Waals surface area contributed by atoms with Crippen molar-refractivity contribution in [2.75, 3.05) is 7.11 Å². The van der Waals surface area contributed by atoms with Gasteiger partial charge in [-0.3, -0.25) is 4.55 Å². The molecule has 3 rings (SSSR count). The molecule has 0 bridgehead atoms. The Morgan fingerprint density at radius 2 is 1.80 bits per heavy atom. The van der Waals surface area contributed by atoms with Crippen LogP contribution in [0.4, 0.5) is 0 Å². The Bertz CT molecular complexity index is 828. The number of hydrogen-bond acceptors (Lipinski definition) is 8. The van der Waals surface area contributed by atoms with Crippen LogP contribution in [0.15, 0.2) is 18.2 Å². The van der Waals surface area contributed by atoms with E-state index in [0.29, 0.717) is 24.2 Å². The zero-order valence-electron chi connectivity index (χ0n) is 17.0. The molecule has 1 aliphatic heterocycles. The lowest BCUT2D eigenvalue weighted by atomic mass is 9.82. The number of aliphatic hydroxyl groups excluding tert-OH is 3. The standard InChI is InChI=1S/C20H30O9S/c1-11-17(21)18(22)19(23)20(28-11)14-10-12(7-8-16(14)27-2)9-13-5-3-4-6-15(13)29-30(24,25)26/h7-8,10-11,13,15,17-23H,3-6,9H2,1-2H3,(H,24,25,26)/t11-,13?,15?,17+,18+,19-,20+/m0/s1. The Balaban J connectivity index is 1.85. The zero-order chi connectivity index (χ0) is 22.1. The average Bonchev–Trinajstić information content (AvgIpc) is 2.69. The predicted octanol–water partition coefficient (Wildman–Crippen LogP) is 1.16. The summed E-state index contributed by atoms with van der Waals surface area (Å²) in [6, 6.07) is 5.36. The monoisotopic (exact) mass is 446 g/mol. The average molecular weight is 447 g/mol. The molecule has 2 unspecified atom stereocenters. The van der Waals surface area contributed by atoms with E-state index in [1.54, 1.807) is 19.1 Å². The summed E-state index contributed by atoms with van der Waals surface area (Å²) in [5.41, 5.74) is 1.38. The fourth-order valence-electron chi connectivity index (χ4n) is 4.43. The SMILES string of the molecule is COc1ccc(CC2CCCCC2OS(=O)(=O)O)cc1[C@H]1O[C@@H](C)[C@@H](O)[C@@H](O)[C@@H]1O. The fraction of sp³-hybridized carbons (Fsp3) is 0.700. The summed E-state index contributed by atoms with van der Waals surface area (Å²) in [6.45, 7) is 1.61. The van der Waals surface area contributed by atoms with Crippen LogP contribution in [0, 0.1) is 5.92 Å². The van der Waals surface area contributed by atoms with Crippen molar-refractivity contribution in [1.82, 2.24) is 0 Å². The number of benzene rings is 1. The van der Waals surface area contributed by atoms with E-state index in [-0.39, 0.29) is 5.92 Å². The van der Waals surface area contributed by atoms with Crippen LogP contribution in [0.1, 0.15) is 49.8 Å². The number of rotatable bonds is 6. The molecule has 10 heteroatoms. The topological polar surface area (TPSA) is 143 Å². The van der Waals surface area contributed by atoms with Gasteiger partial charge in [0.1, 0.15) is 30.2 Å². The molecule has 1 saturated carbocycles. The molecule has 4 N–H and O–H groups in total. The van der Waals surface area contributed by atoms with Gasteiger partial charge in [-0.2, -0.15) is 8.42 Å². The lowest BCUT2D eigenvalue weighted by molar-refractivity contribution is -0.219. The highest BCUT2D eigenvalue weighted by molar-refractivity contribution is 7.80. The van der Waals surface area contributed by atoms with Crippen molar-refractivity contribution < 1.29 is 41.9 Å². The molecule has 0 aromatic heterocycles. The Kier molecular flexibility index (Phi) is 7.39. The number of methoxy groups -OCH3 is 1. The van der Waals surface area contributed by atoms with Crippen LogP contribution in [0.25, 0.3) is 0 Å². The van der Waals surface area contributed by atoms with Gasteiger partial charge in [0.15, 0.2) is 0 Å². The molecule has 0 spiro atoms. The van der Waals surface area contributed by atoms with Gasteiger partial charge in [-0.25, -0.2) is 4.18 Å². The van der Waals surface area contributed by atoms with Crippen LogP contribution in [0.3, 0.4) is 0 Å². The first kappa shape index (κ1) is 23.4. The highest BCUT2D eigenvalue weighted by atomic mass is 32.3. The highest BCUT2D eigenvalue weighted by Crippen LogP contribution is 2.38. The molecule has 0 amide bonds. The molecule has 1 aromatic rings. The summed E-state index contributed by atoms with van der Waals surface area (Å²) >= 11 is 0. The summed E-state index contributed by atoms with van der Waals surface area (Å²) in [7, 11) is -3.05. The van der Waals surface area contributed by atoms with Crippen molar-refractivity contribution in [3.8, 4) is 5.75 Å². The quantitative estimate of drug-likeness (QED) is 0.473. The minimum atomic E-state index is -4.53. The minimum Gasteiger partial charge on any atom is -0.496 e. The van der Waals surface area contributed by atoms with Gasteiger partial charge in [0.05, 0.1) is 19.3 Å². The molecule has 9 nitrogen and oxygen atoms in total. The number of ether oxygens (including phenoxy) is 2. The molecule has 2 fully saturated rings. The Hall–Kier alpha value is -1.27. The van der Waals surface area contributed by atoms with E-state index in [0.717, 1.165) is 24.8 Å². The molecule has 170 valence electrons. The zero-order valence-corrected chi connectivity index (χ0v) is 17.9. The van der Waals surface area contributed by atoms with Crippen molar-refractivity contribution in [2.45, 2.75) is 75.7 Å². The van der Waals surface area contributed by atoms with Gasteiger partial charge in [0.25, 0.3) is 0 Å². The molecule has 1 aliphatic carbocycles. The lowest BCUT2D eigenvalue weighted by Crippen LogP contribution is -2.53. The molecule has 2 aliphatic rings. The van der Waals surface area contributed by atoms with Gasteiger partial charge < -0.3 is 24.8 Å². The molecule has 30 heavy (non-hydrogen) atoms. The van der Waals surface area contributed by atoms with E-state index >= 15 is 0 Å². The third-order valence-electron chi connectivity index (χ3n) is 6.04. The van der Waals surface area contributed by atoms with E-state index in [1.165, 1.54) is 7.11 Å². The van der Waals surface area contributed by atoms with Gasteiger partial charge in [0, 0.05) is 5.56 Å². The molecule has 1 heterocycles. The maximum absolute atomic E-state index is 11.2. The fourth-order valence-corrected chi connectivity index (χ4v) is 5.00. The van der Waals surface area contributed by atoms with E-state index in [4.69, 9.17) is 18.2 Å². The number of aliphatic hydroxyl groups is 3. The second-order valence-corrected chi connectivity index (χ2v) is 9.17. The van der Waals surface area contributed by atoms with E-state index in [2.05, 4.69) is 0 Å². The molecule has 1 aromatic carbocycles. The van der Waals surface area contributed by atoms with Gasteiger partial charge in [-0.15, -0.1) is 0 Å². The summed E-state index contributed by atoms with van der Waals surface area (Å²) in [4.78, 5) is 0. The van der Waals surface area contributed by atoms with Crippen LogP contribution in [0.2, 0.25) is 0 Å². The minimum absolute atomic E-state index is 0.106. The van der Waals surface area contributed by atoms with Gasteiger partial charge in [0.2, 0.25) is 0 Å². The summed E-state index contributed by atoms with van der Waals surface area (Å²) in [6.07, 6.45) is -2.54. The Morgan fingerprint density at radius 1 is 1.10 bits per heavy atom. The third-order valence-corrected chi connectivity index (χ3v) is 6.53. The Morgan fingerprint density at radius 3 is 2.47 bits per heavy atom. The van der Waals surface area contributed by atoms with Crippen molar-refractivity contribution in [1.29, 1.82) is 0 Å². The molecular formula is C20H30O9S. The van der Waals surface area contributed by atoms with Crippen molar-refractivity contribution in [3.05, 3.63) is 29.3 Å². The lowest BCUT2D eigenvalue weighted by Gasteiger charge is -2.40. The van der Waals surface area contributed by atoms with Crippen molar-refractivity contribution in [2.24, 2.45) is 5.92 Å². The first-order chi connectivity index (χ1) is 14.1. The van der Waals surface area contributed by atoms with Crippen molar-refractivity contribution in [3.63, 3.8) is 0 Å². The van der Waals surface area contributed by atoms with Crippen LogP contribution < -0.4 is 4.74 Å². The predicted molar refractivity (Wildman–Crippen MR) is 106 cm³/mol. The summed E-state index contributed by atoms with van der Waals surface area (Å²) in [5.74, 6) is 0.360. The summed E-state index contributed by atoms with van der Waals surface area (Å²) in [5, 5.41) is 30.6. The first-order valence-electron chi connectivity index (χ1n) is 10.1. The van der Waals surface area contributed by atoms with Crippen molar-refractivity contribution >= 4 is 10.4 Å². The third kappa shape index (κ3) is 5.31. The van der Waals surface area contributed by atoms with Gasteiger partial charge in [-0.1, -0.05) is 18.9 Å². The van der Waals surface area contributed by atoms with Gasteiger partial charge >= 0.3 is 10.4 Å². The maximum atomic E-state index is 11.2. The van der Waals surface area contributed by atoms with E-state index < -0.39 is 47.0 Å². The van der Waals surface area contributed by atoms with Crippen LogP contribution in [0.5, 0.6) is 5.75 Å². The molecule has 1 saturated heterocycles.